The first-order valence-electron chi connectivity index (χ1n) is 6.27. The average Bonchev–Trinajstić information content (AvgIpc) is 2.33. The molecule has 0 saturated carbocycles. The molecule has 1 rings (SSSR count). The molecule has 19 heavy (non-hydrogen) atoms. The summed E-state index contributed by atoms with van der Waals surface area (Å²) >= 11 is 0. The van der Waals surface area contributed by atoms with E-state index in [4.69, 9.17) is 9.47 Å². The molecule has 0 aliphatic rings. The van der Waals surface area contributed by atoms with E-state index in [9.17, 15) is 14.0 Å². The second-order valence-electron chi connectivity index (χ2n) is 4.04. The predicted octanol–water partition coefficient (Wildman–Crippen LogP) is 3.24. The Labute approximate surface area is 111 Å². The zero-order valence-electron chi connectivity index (χ0n) is 11.1. The van der Waals surface area contributed by atoms with Crippen LogP contribution in [0.25, 0.3) is 0 Å². The first-order valence-corrected chi connectivity index (χ1v) is 6.27. The van der Waals surface area contributed by atoms with Gasteiger partial charge in [-0.05, 0) is 25.0 Å². The molecular formula is C14H17FO4. The van der Waals surface area contributed by atoms with Crippen LogP contribution in [-0.4, -0.2) is 11.9 Å². The van der Waals surface area contributed by atoms with Crippen molar-refractivity contribution >= 4 is 11.9 Å². The van der Waals surface area contributed by atoms with Crippen molar-refractivity contribution in [2.45, 2.75) is 39.5 Å². The van der Waals surface area contributed by atoms with Crippen LogP contribution in [0.4, 0.5) is 4.39 Å². The number of rotatable bonds is 6. The number of carbonyl (C=O) groups is 2. The van der Waals surface area contributed by atoms with Crippen LogP contribution in [0.3, 0.4) is 0 Å². The Morgan fingerprint density at radius 2 is 1.53 bits per heavy atom. The number of benzene rings is 1. The van der Waals surface area contributed by atoms with Crippen LogP contribution in [0.2, 0.25) is 0 Å². The quantitative estimate of drug-likeness (QED) is 0.587. The van der Waals surface area contributed by atoms with Gasteiger partial charge in [-0.1, -0.05) is 13.8 Å². The van der Waals surface area contributed by atoms with Gasteiger partial charge in [-0.25, -0.2) is 4.39 Å². The van der Waals surface area contributed by atoms with Gasteiger partial charge >= 0.3 is 11.9 Å². The van der Waals surface area contributed by atoms with Crippen LogP contribution in [0.5, 0.6) is 11.5 Å². The molecule has 0 aliphatic heterocycles. The van der Waals surface area contributed by atoms with Gasteiger partial charge in [0.05, 0.1) is 0 Å². The van der Waals surface area contributed by atoms with Gasteiger partial charge < -0.3 is 9.47 Å². The summed E-state index contributed by atoms with van der Waals surface area (Å²) in [7, 11) is 0. The topological polar surface area (TPSA) is 52.6 Å². The summed E-state index contributed by atoms with van der Waals surface area (Å²) < 4.78 is 23.2. The third kappa shape index (κ3) is 5.07. The van der Waals surface area contributed by atoms with Crippen molar-refractivity contribution in [1.82, 2.24) is 0 Å². The molecular weight excluding hydrogens is 251 g/mol. The molecule has 0 fully saturated rings. The molecule has 0 unspecified atom stereocenters. The van der Waals surface area contributed by atoms with Gasteiger partial charge in [-0.3, -0.25) is 9.59 Å². The molecule has 0 radical (unpaired) electrons. The predicted molar refractivity (Wildman–Crippen MR) is 67.5 cm³/mol. The molecule has 5 heteroatoms. The van der Waals surface area contributed by atoms with E-state index in [-0.39, 0.29) is 24.3 Å². The Morgan fingerprint density at radius 3 is 2.05 bits per heavy atom. The lowest BCUT2D eigenvalue weighted by molar-refractivity contribution is -0.137. The second kappa shape index (κ2) is 7.51. The third-order valence-corrected chi connectivity index (χ3v) is 2.26. The second-order valence-corrected chi connectivity index (χ2v) is 4.04. The van der Waals surface area contributed by atoms with E-state index in [2.05, 4.69) is 0 Å². The minimum absolute atomic E-state index is 0.0595. The summed E-state index contributed by atoms with van der Waals surface area (Å²) in [5.41, 5.74) is 0. The highest BCUT2D eigenvalue weighted by Crippen LogP contribution is 2.28. The van der Waals surface area contributed by atoms with Crippen molar-refractivity contribution in [2.24, 2.45) is 0 Å². The average molecular weight is 268 g/mol. The number of carbonyl (C=O) groups excluding carboxylic acids is 2. The van der Waals surface area contributed by atoms with Crippen molar-refractivity contribution in [3.63, 3.8) is 0 Å². The number of esters is 2. The van der Waals surface area contributed by atoms with Gasteiger partial charge in [0.15, 0.2) is 11.5 Å². The van der Waals surface area contributed by atoms with Crippen LogP contribution >= 0.6 is 0 Å². The fraction of sp³-hybridized carbons (Fsp3) is 0.429. The summed E-state index contributed by atoms with van der Waals surface area (Å²) in [6, 6.07) is 3.45. The van der Waals surface area contributed by atoms with E-state index in [1.165, 1.54) is 6.07 Å². The maximum Gasteiger partial charge on any atom is 0.311 e. The molecule has 0 saturated heterocycles. The molecule has 0 spiro atoms. The van der Waals surface area contributed by atoms with Gasteiger partial charge in [-0.2, -0.15) is 0 Å². The lowest BCUT2D eigenvalue weighted by Crippen LogP contribution is -2.11. The molecule has 0 atom stereocenters. The first-order chi connectivity index (χ1) is 9.06. The van der Waals surface area contributed by atoms with Gasteiger partial charge in [0, 0.05) is 18.9 Å². The number of halogens is 1. The number of ether oxygens (including phenoxy) is 2. The summed E-state index contributed by atoms with van der Waals surface area (Å²) in [5, 5.41) is 0. The van der Waals surface area contributed by atoms with E-state index in [1.807, 2.05) is 13.8 Å². The van der Waals surface area contributed by atoms with E-state index in [0.29, 0.717) is 12.8 Å². The normalized spacial score (nSPS) is 10.1. The van der Waals surface area contributed by atoms with Crippen LogP contribution in [0.15, 0.2) is 18.2 Å². The Hall–Kier alpha value is -1.91. The lowest BCUT2D eigenvalue weighted by Gasteiger charge is -2.10. The monoisotopic (exact) mass is 268 g/mol. The van der Waals surface area contributed by atoms with Crippen molar-refractivity contribution in [1.29, 1.82) is 0 Å². The molecule has 0 aromatic heterocycles. The number of hydrogen-bond donors (Lipinski definition) is 0. The molecule has 0 bridgehead atoms. The van der Waals surface area contributed by atoms with Crippen molar-refractivity contribution in [2.75, 3.05) is 0 Å². The fourth-order valence-corrected chi connectivity index (χ4v) is 1.40. The van der Waals surface area contributed by atoms with Crippen LogP contribution in [0, 0.1) is 5.82 Å². The Balaban J connectivity index is 2.85. The third-order valence-electron chi connectivity index (χ3n) is 2.26. The van der Waals surface area contributed by atoms with E-state index in [0.717, 1.165) is 12.1 Å². The minimum Gasteiger partial charge on any atom is -0.423 e. The molecule has 0 N–H and O–H groups in total. The Bertz CT molecular complexity index is 457. The van der Waals surface area contributed by atoms with Gasteiger partial charge in [0.1, 0.15) is 5.82 Å². The van der Waals surface area contributed by atoms with E-state index >= 15 is 0 Å². The highest BCUT2D eigenvalue weighted by Gasteiger charge is 2.14. The Morgan fingerprint density at radius 1 is 1.00 bits per heavy atom. The largest absolute Gasteiger partial charge is 0.423 e. The van der Waals surface area contributed by atoms with Crippen molar-refractivity contribution in [3.8, 4) is 11.5 Å². The van der Waals surface area contributed by atoms with E-state index < -0.39 is 17.8 Å². The molecule has 4 nitrogen and oxygen atoms in total. The lowest BCUT2D eigenvalue weighted by atomic mass is 10.3. The highest BCUT2D eigenvalue weighted by molar-refractivity contribution is 5.76. The zero-order valence-corrected chi connectivity index (χ0v) is 11.1. The fourth-order valence-electron chi connectivity index (χ4n) is 1.40. The van der Waals surface area contributed by atoms with Crippen molar-refractivity contribution < 1.29 is 23.5 Å². The molecule has 0 aliphatic carbocycles. The van der Waals surface area contributed by atoms with Crippen LogP contribution < -0.4 is 9.47 Å². The molecule has 0 amide bonds. The Kier molecular flexibility index (Phi) is 5.99. The minimum atomic E-state index is -0.561. The SMILES string of the molecule is CCCC(=O)Oc1ccc(F)cc1OC(=O)CCC. The summed E-state index contributed by atoms with van der Waals surface area (Å²) in [6.07, 6.45) is 1.74. The zero-order chi connectivity index (χ0) is 14.3. The maximum absolute atomic E-state index is 13.1. The van der Waals surface area contributed by atoms with Crippen LogP contribution in [-0.2, 0) is 9.59 Å². The first kappa shape index (κ1) is 15.1. The summed E-state index contributed by atoms with van der Waals surface area (Å²) in [6.45, 7) is 3.67. The molecule has 1 aromatic rings. The van der Waals surface area contributed by atoms with Gasteiger partial charge in [0.25, 0.3) is 0 Å². The van der Waals surface area contributed by atoms with Crippen LogP contribution in [0.1, 0.15) is 39.5 Å². The van der Waals surface area contributed by atoms with Crippen molar-refractivity contribution in [3.05, 3.63) is 24.0 Å². The molecule has 0 heterocycles. The van der Waals surface area contributed by atoms with Gasteiger partial charge in [-0.15, -0.1) is 0 Å². The summed E-state index contributed by atoms with van der Waals surface area (Å²) in [5.74, 6) is -1.50. The maximum atomic E-state index is 13.1. The summed E-state index contributed by atoms with van der Waals surface area (Å²) in [4.78, 5) is 22.8. The number of hydrogen-bond acceptors (Lipinski definition) is 4. The molecule has 1 aromatic carbocycles. The smallest absolute Gasteiger partial charge is 0.311 e. The van der Waals surface area contributed by atoms with Gasteiger partial charge in [0.2, 0.25) is 0 Å². The van der Waals surface area contributed by atoms with E-state index in [1.54, 1.807) is 0 Å². The highest BCUT2D eigenvalue weighted by atomic mass is 19.1. The standard InChI is InChI=1S/C14H17FO4/c1-3-5-13(16)18-11-8-7-10(15)9-12(11)19-14(17)6-4-2/h7-9H,3-6H2,1-2H3. The molecule has 104 valence electrons.